The molecule has 1 aromatic rings. The van der Waals surface area contributed by atoms with Gasteiger partial charge in [0.05, 0.1) is 6.10 Å². The second-order valence-electron chi connectivity index (χ2n) is 4.20. The fourth-order valence-electron chi connectivity index (χ4n) is 1.91. The molecule has 16 heavy (non-hydrogen) atoms. The molecular formula is C13H22N2O. The van der Waals surface area contributed by atoms with Crippen LogP contribution in [-0.2, 0) is 0 Å². The largest absolute Gasteiger partial charge is 0.389 e. The average molecular weight is 222 g/mol. The molecule has 0 saturated heterocycles. The Bertz CT molecular complexity index is 321. The number of nitrogens with zero attached hydrogens (tertiary/aromatic N) is 2. The third kappa shape index (κ3) is 2.95. The van der Waals surface area contributed by atoms with Gasteiger partial charge >= 0.3 is 0 Å². The van der Waals surface area contributed by atoms with Crippen LogP contribution in [0.2, 0.25) is 0 Å². The monoisotopic (exact) mass is 222 g/mol. The van der Waals surface area contributed by atoms with Gasteiger partial charge in [-0.15, -0.1) is 0 Å². The summed E-state index contributed by atoms with van der Waals surface area (Å²) >= 11 is 0. The summed E-state index contributed by atoms with van der Waals surface area (Å²) in [5.41, 5.74) is 0.919. The molecule has 0 spiro atoms. The molecule has 0 amide bonds. The number of aliphatic hydroxyl groups excluding tert-OH is 1. The Morgan fingerprint density at radius 1 is 1.38 bits per heavy atom. The number of hydrogen-bond acceptors (Lipinski definition) is 3. The van der Waals surface area contributed by atoms with Crippen molar-refractivity contribution in [1.29, 1.82) is 0 Å². The van der Waals surface area contributed by atoms with Crippen LogP contribution in [0.3, 0.4) is 0 Å². The van der Waals surface area contributed by atoms with Crippen LogP contribution in [-0.4, -0.2) is 23.2 Å². The Morgan fingerprint density at radius 2 is 2.00 bits per heavy atom. The predicted molar refractivity (Wildman–Crippen MR) is 67.6 cm³/mol. The van der Waals surface area contributed by atoms with Gasteiger partial charge < -0.3 is 10.0 Å². The van der Waals surface area contributed by atoms with E-state index in [1.165, 1.54) is 0 Å². The molecule has 0 unspecified atom stereocenters. The van der Waals surface area contributed by atoms with Gasteiger partial charge in [-0.2, -0.15) is 0 Å². The molecule has 0 aromatic carbocycles. The second kappa shape index (κ2) is 5.85. The maximum atomic E-state index is 9.54. The third-order valence-electron chi connectivity index (χ3n) is 3.10. The summed E-state index contributed by atoms with van der Waals surface area (Å²) in [5.74, 6) is 0.937. The van der Waals surface area contributed by atoms with E-state index in [2.05, 4.69) is 30.8 Å². The van der Waals surface area contributed by atoms with Crippen molar-refractivity contribution in [3.8, 4) is 0 Å². The number of aromatic nitrogens is 1. The highest BCUT2D eigenvalue weighted by Gasteiger charge is 2.13. The Balaban J connectivity index is 2.90. The molecule has 1 aromatic heterocycles. The lowest BCUT2D eigenvalue weighted by Crippen LogP contribution is -2.31. The lowest BCUT2D eigenvalue weighted by Gasteiger charge is -2.27. The van der Waals surface area contributed by atoms with Crippen LogP contribution < -0.4 is 4.90 Å². The van der Waals surface area contributed by atoms with Crippen LogP contribution in [0.1, 0.15) is 45.3 Å². The summed E-state index contributed by atoms with van der Waals surface area (Å²) in [6.07, 6.45) is 3.54. The Kier molecular flexibility index (Phi) is 4.74. The normalized spacial score (nSPS) is 12.9. The maximum Gasteiger partial charge on any atom is 0.128 e. The van der Waals surface area contributed by atoms with Crippen LogP contribution in [0.5, 0.6) is 0 Å². The Hall–Kier alpha value is -1.09. The van der Waals surface area contributed by atoms with Gasteiger partial charge in [-0.3, -0.25) is 0 Å². The predicted octanol–water partition coefficient (Wildman–Crippen LogP) is 2.76. The number of pyridine rings is 1. The van der Waals surface area contributed by atoms with Crippen molar-refractivity contribution in [2.45, 2.75) is 45.8 Å². The van der Waals surface area contributed by atoms with Crippen LogP contribution in [0, 0.1) is 0 Å². The molecule has 0 saturated carbocycles. The van der Waals surface area contributed by atoms with E-state index >= 15 is 0 Å². The van der Waals surface area contributed by atoms with E-state index in [1.807, 2.05) is 12.1 Å². The number of hydrogen-bond donors (Lipinski definition) is 1. The van der Waals surface area contributed by atoms with E-state index in [1.54, 1.807) is 13.1 Å². The van der Waals surface area contributed by atoms with E-state index in [4.69, 9.17) is 0 Å². The average Bonchev–Trinajstić information content (AvgIpc) is 2.30. The highest BCUT2D eigenvalue weighted by atomic mass is 16.3. The highest BCUT2D eigenvalue weighted by molar-refractivity contribution is 5.41. The van der Waals surface area contributed by atoms with Gasteiger partial charge in [0.25, 0.3) is 0 Å². The number of rotatable bonds is 5. The van der Waals surface area contributed by atoms with Crippen molar-refractivity contribution >= 4 is 5.82 Å². The minimum absolute atomic E-state index is 0.433. The van der Waals surface area contributed by atoms with Crippen LogP contribution in [0.25, 0.3) is 0 Å². The zero-order chi connectivity index (χ0) is 12.1. The van der Waals surface area contributed by atoms with E-state index < -0.39 is 6.10 Å². The molecule has 0 fully saturated rings. The Labute approximate surface area is 98.1 Å². The van der Waals surface area contributed by atoms with Gasteiger partial charge in [0.1, 0.15) is 5.82 Å². The smallest absolute Gasteiger partial charge is 0.128 e. The highest BCUT2D eigenvalue weighted by Crippen LogP contribution is 2.20. The SMILES string of the molecule is CCC(CC)N(C)c1cc([C@H](C)O)ccn1. The zero-order valence-electron chi connectivity index (χ0n) is 10.6. The second-order valence-corrected chi connectivity index (χ2v) is 4.20. The summed E-state index contributed by atoms with van der Waals surface area (Å²) < 4.78 is 0. The van der Waals surface area contributed by atoms with Gasteiger partial charge in [-0.1, -0.05) is 13.8 Å². The molecule has 1 atom stereocenters. The fraction of sp³-hybridized carbons (Fsp3) is 0.615. The van der Waals surface area contributed by atoms with Crippen LogP contribution in [0.15, 0.2) is 18.3 Å². The summed E-state index contributed by atoms with van der Waals surface area (Å²) in [6.45, 7) is 6.14. The summed E-state index contributed by atoms with van der Waals surface area (Å²) in [7, 11) is 2.06. The molecule has 90 valence electrons. The van der Waals surface area contributed by atoms with Crippen LogP contribution in [0.4, 0.5) is 5.82 Å². The Morgan fingerprint density at radius 3 is 2.50 bits per heavy atom. The first-order chi connectivity index (χ1) is 7.60. The third-order valence-corrected chi connectivity index (χ3v) is 3.10. The van der Waals surface area contributed by atoms with Gasteiger partial charge in [-0.05, 0) is 37.5 Å². The van der Waals surface area contributed by atoms with Gasteiger partial charge in [0.15, 0.2) is 0 Å². The van der Waals surface area contributed by atoms with Crippen molar-refractivity contribution in [2.24, 2.45) is 0 Å². The van der Waals surface area contributed by atoms with Gasteiger partial charge in [-0.25, -0.2) is 4.98 Å². The first kappa shape index (κ1) is 13.0. The zero-order valence-corrected chi connectivity index (χ0v) is 10.6. The lowest BCUT2D eigenvalue weighted by molar-refractivity contribution is 0.199. The minimum atomic E-state index is -0.433. The van der Waals surface area contributed by atoms with E-state index in [-0.39, 0.29) is 0 Å². The maximum absolute atomic E-state index is 9.54. The molecule has 0 radical (unpaired) electrons. The number of aliphatic hydroxyl groups is 1. The topological polar surface area (TPSA) is 36.4 Å². The molecule has 1 N–H and O–H groups in total. The van der Waals surface area contributed by atoms with E-state index in [9.17, 15) is 5.11 Å². The van der Waals surface area contributed by atoms with Crippen molar-refractivity contribution in [1.82, 2.24) is 4.98 Å². The lowest BCUT2D eigenvalue weighted by atomic mass is 10.1. The first-order valence-electron chi connectivity index (χ1n) is 5.97. The quantitative estimate of drug-likeness (QED) is 0.832. The molecule has 1 rings (SSSR count). The summed E-state index contributed by atoms with van der Waals surface area (Å²) in [5, 5.41) is 9.54. The van der Waals surface area contributed by atoms with Gasteiger partial charge in [0.2, 0.25) is 0 Å². The standard InChI is InChI=1S/C13H22N2O/c1-5-12(6-2)15(4)13-9-11(10(3)16)7-8-14-13/h7-10,12,16H,5-6H2,1-4H3/t10-/m0/s1. The number of anilines is 1. The first-order valence-corrected chi connectivity index (χ1v) is 5.97. The molecule has 0 bridgehead atoms. The molecule has 0 aliphatic carbocycles. The van der Waals surface area contributed by atoms with Gasteiger partial charge in [0, 0.05) is 19.3 Å². The van der Waals surface area contributed by atoms with E-state index in [0.29, 0.717) is 6.04 Å². The van der Waals surface area contributed by atoms with Crippen molar-refractivity contribution in [2.75, 3.05) is 11.9 Å². The fourth-order valence-corrected chi connectivity index (χ4v) is 1.91. The molecule has 3 nitrogen and oxygen atoms in total. The summed E-state index contributed by atoms with van der Waals surface area (Å²) in [6, 6.07) is 4.33. The minimum Gasteiger partial charge on any atom is -0.389 e. The van der Waals surface area contributed by atoms with Crippen molar-refractivity contribution < 1.29 is 5.11 Å². The molecular weight excluding hydrogens is 200 g/mol. The molecule has 1 heterocycles. The molecule has 3 heteroatoms. The van der Waals surface area contributed by atoms with Crippen LogP contribution >= 0.6 is 0 Å². The van der Waals surface area contributed by atoms with Crippen molar-refractivity contribution in [3.63, 3.8) is 0 Å². The van der Waals surface area contributed by atoms with E-state index in [0.717, 1.165) is 24.2 Å². The molecule has 0 aliphatic heterocycles. The molecule has 0 aliphatic rings. The summed E-state index contributed by atoms with van der Waals surface area (Å²) in [4.78, 5) is 6.54. The van der Waals surface area contributed by atoms with Crippen molar-refractivity contribution in [3.05, 3.63) is 23.9 Å².